The number of nitrogens with two attached hydrogens (primary N) is 1. The quantitative estimate of drug-likeness (QED) is 0.452. The van der Waals surface area contributed by atoms with E-state index in [1.54, 1.807) is 11.3 Å². The summed E-state index contributed by atoms with van der Waals surface area (Å²) in [5, 5.41) is 4.10. The third-order valence-electron chi connectivity index (χ3n) is 3.11. The van der Waals surface area contributed by atoms with E-state index in [0.29, 0.717) is 12.5 Å². The summed E-state index contributed by atoms with van der Waals surface area (Å²) < 4.78 is 0. The highest BCUT2D eigenvalue weighted by Gasteiger charge is 2.01. The van der Waals surface area contributed by atoms with Gasteiger partial charge in [0.05, 0.1) is 6.54 Å². The molecule has 6 heteroatoms. The van der Waals surface area contributed by atoms with Gasteiger partial charge in [-0.3, -0.25) is 0 Å². The van der Waals surface area contributed by atoms with Crippen molar-refractivity contribution in [2.75, 3.05) is 5.32 Å². The molecule has 21 heavy (non-hydrogen) atoms. The van der Waals surface area contributed by atoms with E-state index in [1.165, 1.54) is 16.0 Å². The Morgan fingerprint density at radius 2 is 2.10 bits per heavy atom. The smallest absolute Gasteiger partial charge is 0.193 e. The normalized spacial score (nSPS) is 11.1. The number of thiazole rings is 1. The Balaban J connectivity index is 0.00000220. The molecule has 0 saturated carbocycles. The molecule has 0 spiro atoms. The Kier molecular flexibility index (Phi) is 7.10. The van der Waals surface area contributed by atoms with E-state index in [2.05, 4.69) is 48.2 Å². The Labute approximate surface area is 146 Å². The molecule has 2 rings (SSSR count). The molecule has 0 aliphatic carbocycles. The van der Waals surface area contributed by atoms with Gasteiger partial charge in [-0.1, -0.05) is 13.0 Å². The summed E-state index contributed by atoms with van der Waals surface area (Å²) in [5.74, 6) is 0.418. The molecule has 0 amide bonds. The van der Waals surface area contributed by atoms with E-state index in [9.17, 15) is 0 Å². The number of hydrogen-bond donors (Lipinski definition) is 2. The van der Waals surface area contributed by atoms with Crippen molar-refractivity contribution >= 4 is 47.0 Å². The van der Waals surface area contributed by atoms with Crippen LogP contribution in [0.1, 0.15) is 27.9 Å². The minimum Gasteiger partial charge on any atom is -0.370 e. The molecule has 0 radical (unpaired) electrons. The average molecular weight is 416 g/mol. The second-order valence-electron chi connectivity index (χ2n) is 4.70. The molecule has 4 nitrogen and oxygen atoms in total. The van der Waals surface area contributed by atoms with Crippen LogP contribution in [0.25, 0.3) is 0 Å². The standard InChI is InChI=1S/C15H20N4S.HI/c1-4-13-8-17-14(20-13)9-18-15(16)19-12-6-5-10(2)11(3)7-12;/h5-8H,4,9H2,1-3H3,(H3,16,18,19);1H. The largest absolute Gasteiger partial charge is 0.370 e. The van der Waals surface area contributed by atoms with Gasteiger partial charge in [0.1, 0.15) is 5.01 Å². The van der Waals surface area contributed by atoms with Crippen molar-refractivity contribution in [2.45, 2.75) is 33.7 Å². The molecule has 0 aliphatic heterocycles. The average Bonchev–Trinajstić information content (AvgIpc) is 2.89. The third kappa shape index (κ3) is 5.28. The van der Waals surface area contributed by atoms with Crippen LogP contribution in [0.3, 0.4) is 0 Å². The van der Waals surface area contributed by atoms with Crippen molar-refractivity contribution in [1.82, 2.24) is 4.98 Å². The zero-order valence-electron chi connectivity index (χ0n) is 12.5. The molecular weight excluding hydrogens is 395 g/mol. The number of nitrogens with one attached hydrogen (secondary N) is 1. The van der Waals surface area contributed by atoms with Gasteiger partial charge in [-0.15, -0.1) is 35.3 Å². The number of rotatable bonds is 4. The van der Waals surface area contributed by atoms with Gasteiger partial charge in [-0.2, -0.15) is 0 Å². The molecule has 0 unspecified atom stereocenters. The molecule has 0 fully saturated rings. The first-order valence-corrected chi connectivity index (χ1v) is 7.48. The summed E-state index contributed by atoms with van der Waals surface area (Å²) in [6, 6.07) is 6.14. The first kappa shape index (κ1) is 17.9. The second-order valence-corrected chi connectivity index (χ2v) is 5.90. The topological polar surface area (TPSA) is 63.3 Å². The maximum Gasteiger partial charge on any atom is 0.193 e. The number of guanidine groups is 1. The van der Waals surface area contributed by atoms with Crippen LogP contribution >= 0.6 is 35.3 Å². The molecule has 0 aliphatic rings. The van der Waals surface area contributed by atoms with E-state index in [-0.39, 0.29) is 24.0 Å². The maximum absolute atomic E-state index is 5.90. The van der Waals surface area contributed by atoms with E-state index >= 15 is 0 Å². The molecule has 0 atom stereocenters. The SMILES string of the molecule is CCc1cnc(CN=C(N)Nc2ccc(C)c(C)c2)s1.I. The Morgan fingerprint density at radius 1 is 1.33 bits per heavy atom. The van der Waals surface area contributed by atoms with Gasteiger partial charge in [-0.05, 0) is 43.5 Å². The predicted octanol–water partition coefficient (Wildman–Crippen LogP) is 3.87. The van der Waals surface area contributed by atoms with Crippen molar-refractivity contribution in [2.24, 2.45) is 10.7 Å². The molecule has 0 saturated heterocycles. The van der Waals surface area contributed by atoms with Crippen molar-refractivity contribution in [3.05, 3.63) is 45.4 Å². The molecule has 1 aromatic carbocycles. The molecule has 1 heterocycles. The monoisotopic (exact) mass is 416 g/mol. The van der Waals surface area contributed by atoms with Gasteiger partial charge in [0.25, 0.3) is 0 Å². The molecule has 1 aromatic heterocycles. The van der Waals surface area contributed by atoms with Gasteiger partial charge < -0.3 is 11.1 Å². The molecule has 114 valence electrons. The van der Waals surface area contributed by atoms with Gasteiger partial charge >= 0.3 is 0 Å². The van der Waals surface area contributed by atoms with Crippen LogP contribution in [0.2, 0.25) is 0 Å². The summed E-state index contributed by atoms with van der Waals surface area (Å²) in [6.45, 7) is 6.81. The highest BCUT2D eigenvalue weighted by Crippen LogP contribution is 2.15. The minimum atomic E-state index is 0. The fourth-order valence-corrected chi connectivity index (χ4v) is 2.53. The Bertz CT molecular complexity index is 622. The number of aromatic nitrogens is 1. The van der Waals surface area contributed by atoms with Crippen LogP contribution < -0.4 is 11.1 Å². The van der Waals surface area contributed by atoms with Crippen LogP contribution in [0.15, 0.2) is 29.4 Å². The van der Waals surface area contributed by atoms with Crippen molar-refractivity contribution in [1.29, 1.82) is 0 Å². The van der Waals surface area contributed by atoms with Crippen LogP contribution in [-0.2, 0) is 13.0 Å². The zero-order chi connectivity index (χ0) is 14.5. The van der Waals surface area contributed by atoms with Gasteiger partial charge in [0, 0.05) is 16.8 Å². The first-order chi connectivity index (χ1) is 9.58. The highest BCUT2D eigenvalue weighted by molar-refractivity contribution is 14.0. The number of hydrogen-bond acceptors (Lipinski definition) is 3. The molecular formula is C15H21IN4S. The van der Waals surface area contributed by atoms with Crippen LogP contribution in [-0.4, -0.2) is 10.9 Å². The second kappa shape index (κ2) is 8.33. The van der Waals surface area contributed by atoms with Crippen LogP contribution in [0.5, 0.6) is 0 Å². The zero-order valence-corrected chi connectivity index (χ0v) is 15.7. The predicted molar refractivity (Wildman–Crippen MR) is 102 cm³/mol. The van der Waals surface area contributed by atoms with Gasteiger partial charge in [-0.25, -0.2) is 9.98 Å². The minimum absolute atomic E-state index is 0. The number of halogens is 1. The van der Waals surface area contributed by atoms with Crippen molar-refractivity contribution in [3.8, 4) is 0 Å². The summed E-state index contributed by atoms with van der Waals surface area (Å²) in [4.78, 5) is 9.91. The molecule has 3 N–H and O–H groups in total. The lowest BCUT2D eigenvalue weighted by atomic mass is 10.1. The summed E-state index contributed by atoms with van der Waals surface area (Å²) in [5.41, 5.74) is 9.35. The Morgan fingerprint density at radius 3 is 2.71 bits per heavy atom. The molecule has 0 bridgehead atoms. The van der Waals surface area contributed by atoms with Gasteiger partial charge in [0.2, 0.25) is 0 Å². The molecule has 2 aromatic rings. The lowest BCUT2D eigenvalue weighted by Gasteiger charge is -2.07. The summed E-state index contributed by atoms with van der Waals surface area (Å²) >= 11 is 1.68. The fourth-order valence-electron chi connectivity index (χ4n) is 1.74. The van der Waals surface area contributed by atoms with E-state index in [1.807, 2.05) is 12.3 Å². The van der Waals surface area contributed by atoms with E-state index in [0.717, 1.165) is 17.1 Å². The summed E-state index contributed by atoms with van der Waals surface area (Å²) in [7, 11) is 0. The van der Waals surface area contributed by atoms with Gasteiger partial charge in [0.15, 0.2) is 5.96 Å². The lowest BCUT2D eigenvalue weighted by molar-refractivity contribution is 1.03. The summed E-state index contributed by atoms with van der Waals surface area (Å²) in [6.07, 6.45) is 2.92. The van der Waals surface area contributed by atoms with Crippen LogP contribution in [0.4, 0.5) is 5.69 Å². The fraction of sp³-hybridized carbons (Fsp3) is 0.333. The van der Waals surface area contributed by atoms with E-state index in [4.69, 9.17) is 5.73 Å². The number of benzene rings is 1. The number of anilines is 1. The van der Waals surface area contributed by atoms with Crippen molar-refractivity contribution < 1.29 is 0 Å². The highest BCUT2D eigenvalue weighted by atomic mass is 127. The number of aliphatic imine (C=N–C) groups is 1. The number of nitrogens with zero attached hydrogens (tertiary/aromatic N) is 2. The van der Waals surface area contributed by atoms with E-state index < -0.39 is 0 Å². The van der Waals surface area contributed by atoms with Crippen molar-refractivity contribution in [3.63, 3.8) is 0 Å². The Hall–Kier alpha value is -1.15. The number of aryl methyl sites for hydroxylation is 3. The maximum atomic E-state index is 5.90. The third-order valence-corrected chi connectivity index (χ3v) is 4.24. The lowest BCUT2D eigenvalue weighted by Crippen LogP contribution is -2.22. The van der Waals surface area contributed by atoms with Crippen LogP contribution in [0, 0.1) is 13.8 Å². The first-order valence-electron chi connectivity index (χ1n) is 6.66.